The summed E-state index contributed by atoms with van der Waals surface area (Å²) in [6.45, 7) is 1.95. The molecule has 2 nitrogen and oxygen atoms in total. The van der Waals surface area contributed by atoms with E-state index in [1.807, 2.05) is 12.1 Å². The van der Waals surface area contributed by atoms with Crippen molar-refractivity contribution in [2.75, 3.05) is 13.1 Å². The van der Waals surface area contributed by atoms with Crippen LogP contribution < -0.4 is 10.1 Å². The second-order valence-electron chi connectivity index (χ2n) is 3.64. The van der Waals surface area contributed by atoms with E-state index in [-0.39, 0.29) is 6.10 Å². The maximum absolute atomic E-state index is 6.04. The number of nitrogens with one attached hydrogen (secondary N) is 1. The minimum Gasteiger partial charge on any atom is -0.487 e. The minimum atomic E-state index is 0.203. The minimum absolute atomic E-state index is 0.203. The predicted octanol–water partition coefficient (Wildman–Crippen LogP) is 3.12. The lowest BCUT2D eigenvalue weighted by atomic mass is 10.1. The number of rotatable bonds is 2. The van der Waals surface area contributed by atoms with Gasteiger partial charge in [-0.25, -0.2) is 0 Å². The third kappa shape index (κ3) is 2.77. The summed E-state index contributed by atoms with van der Waals surface area (Å²) < 4.78 is 5.79. The zero-order valence-corrected chi connectivity index (χ0v) is 9.81. The first-order valence-electron chi connectivity index (χ1n) is 5.09. The van der Waals surface area contributed by atoms with Gasteiger partial charge in [0.05, 0.1) is 5.02 Å². The van der Waals surface area contributed by atoms with Gasteiger partial charge in [0.25, 0.3) is 0 Å². The first-order valence-corrected chi connectivity index (χ1v) is 5.84. The molecule has 1 aromatic rings. The van der Waals surface area contributed by atoms with E-state index in [2.05, 4.69) is 5.32 Å². The molecular formula is C11H13Cl2NO. The highest BCUT2D eigenvalue weighted by molar-refractivity contribution is 6.42. The molecular weight excluding hydrogens is 233 g/mol. The summed E-state index contributed by atoms with van der Waals surface area (Å²) in [4.78, 5) is 0. The van der Waals surface area contributed by atoms with Crippen molar-refractivity contribution < 1.29 is 4.74 Å². The molecule has 0 unspecified atom stereocenters. The molecule has 1 N–H and O–H groups in total. The molecule has 0 aliphatic carbocycles. The summed E-state index contributed by atoms with van der Waals surface area (Å²) >= 11 is 11.9. The van der Waals surface area contributed by atoms with Gasteiger partial charge < -0.3 is 10.1 Å². The Hall–Kier alpha value is -0.440. The third-order valence-electron chi connectivity index (χ3n) is 2.46. The second-order valence-corrected chi connectivity index (χ2v) is 4.42. The lowest BCUT2D eigenvalue weighted by Crippen LogP contribution is -2.37. The van der Waals surface area contributed by atoms with E-state index in [4.69, 9.17) is 27.9 Å². The molecule has 0 aromatic heterocycles. The highest BCUT2D eigenvalue weighted by Gasteiger charge is 2.16. The van der Waals surface area contributed by atoms with E-state index in [0.717, 1.165) is 25.9 Å². The van der Waals surface area contributed by atoms with E-state index in [0.29, 0.717) is 15.8 Å². The van der Waals surface area contributed by atoms with Gasteiger partial charge in [0.15, 0.2) is 0 Å². The van der Waals surface area contributed by atoms with Crippen LogP contribution in [0.2, 0.25) is 10.0 Å². The molecule has 0 saturated carbocycles. The molecule has 1 heterocycles. The van der Waals surface area contributed by atoms with Crippen LogP contribution in [0.1, 0.15) is 12.8 Å². The monoisotopic (exact) mass is 245 g/mol. The van der Waals surface area contributed by atoms with E-state index in [9.17, 15) is 0 Å². The third-order valence-corrected chi connectivity index (χ3v) is 3.26. The summed E-state index contributed by atoms with van der Waals surface area (Å²) in [7, 11) is 0. The number of benzene rings is 1. The first-order chi connectivity index (χ1) is 7.27. The van der Waals surface area contributed by atoms with Crippen molar-refractivity contribution in [3.63, 3.8) is 0 Å². The highest BCUT2D eigenvalue weighted by atomic mass is 35.5. The Morgan fingerprint density at radius 1 is 1.33 bits per heavy atom. The first kappa shape index (κ1) is 11.1. The van der Waals surface area contributed by atoms with Crippen LogP contribution in [0.4, 0.5) is 0 Å². The molecule has 1 aliphatic heterocycles. The lowest BCUT2D eigenvalue weighted by molar-refractivity contribution is 0.167. The normalized spacial score (nSPS) is 21.3. The number of ether oxygens (including phenoxy) is 1. The molecule has 1 atom stereocenters. The Morgan fingerprint density at radius 3 is 2.93 bits per heavy atom. The van der Waals surface area contributed by atoms with Gasteiger partial charge in [-0.05, 0) is 31.5 Å². The van der Waals surface area contributed by atoms with Gasteiger partial charge in [-0.2, -0.15) is 0 Å². The van der Waals surface area contributed by atoms with Crippen LogP contribution >= 0.6 is 23.2 Å². The van der Waals surface area contributed by atoms with E-state index in [1.165, 1.54) is 0 Å². The van der Waals surface area contributed by atoms with Crippen molar-refractivity contribution in [3.05, 3.63) is 28.2 Å². The van der Waals surface area contributed by atoms with Crippen molar-refractivity contribution >= 4 is 23.2 Å². The summed E-state index contributed by atoms with van der Waals surface area (Å²) in [6.07, 6.45) is 2.41. The molecule has 0 radical (unpaired) electrons. The zero-order chi connectivity index (χ0) is 10.7. The maximum atomic E-state index is 6.04. The predicted molar refractivity (Wildman–Crippen MR) is 63.0 cm³/mol. The van der Waals surface area contributed by atoms with Gasteiger partial charge in [0.1, 0.15) is 16.9 Å². The van der Waals surface area contributed by atoms with Crippen LogP contribution in [0.25, 0.3) is 0 Å². The van der Waals surface area contributed by atoms with Gasteiger partial charge >= 0.3 is 0 Å². The topological polar surface area (TPSA) is 21.3 Å². The van der Waals surface area contributed by atoms with Crippen LogP contribution in [-0.2, 0) is 0 Å². The van der Waals surface area contributed by atoms with Crippen molar-refractivity contribution in [2.45, 2.75) is 18.9 Å². The molecule has 1 aliphatic rings. The second kappa shape index (κ2) is 5.06. The molecule has 0 amide bonds. The molecule has 1 saturated heterocycles. The van der Waals surface area contributed by atoms with Crippen LogP contribution in [0.15, 0.2) is 18.2 Å². The van der Waals surface area contributed by atoms with Gasteiger partial charge in [0.2, 0.25) is 0 Å². The Bertz CT molecular complexity index is 337. The fourth-order valence-electron chi connectivity index (χ4n) is 1.68. The van der Waals surface area contributed by atoms with Crippen molar-refractivity contribution in [3.8, 4) is 5.75 Å². The zero-order valence-electron chi connectivity index (χ0n) is 8.30. The molecule has 2 rings (SSSR count). The molecule has 15 heavy (non-hydrogen) atoms. The van der Waals surface area contributed by atoms with Crippen molar-refractivity contribution in [1.29, 1.82) is 0 Å². The average molecular weight is 246 g/mol. The van der Waals surface area contributed by atoms with Crippen molar-refractivity contribution in [2.24, 2.45) is 0 Å². The van der Waals surface area contributed by atoms with Crippen LogP contribution in [0.3, 0.4) is 0 Å². The van der Waals surface area contributed by atoms with Crippen LogP contribution in [0.5, 0.6) is 5.75 Å². The Kier molecular flexibility index (Phi) is 3.73. The maximum Gasteiger partial charge on any atom is 0.139 e. The van der Waals surface area contributed by atoms with E-state index >= 15 is 0 Å². The van der Waals surface area contributed by atoms with Crippen LogP contribution in [-0.4, -0.2) is 19.2 Å². The largest absolute Gasteiger partial charge is 0.487 e. The van der Waals surface area contributed by atoms with E-state index in [1.54, 1.807) is 6.07 Å². The Morgan fingerprint density at radius 2 is 2.20 bits per heavy atom. The number of piperidine rings is 1. The lowest BCUT2D eigenvalue weighted by Gasteiger charge is -2.24. The summed E-state index contributed by atoms with van der Waals surface area (Å²) in [5, 5.41) is 4.33. The quantitative estimate of drug-likeness (QED) is 0.865. The van der Waals surface area contributed by atoms with Crippen LogP contribution in [0, 0.1) is 0 Å². The smallest absolute Gasteiger partial charge is 0.139 e. The fraction of sp³-hybridized carbons (Fsp3) is 0.455. The standard InChI is InChI=1S/C11H13Cl2NO/c12-9-4-1-5-10(11(9)13)15-8-3-2-6-14-7-8/h1,4-5,8,14H,2-3,6-7H2/t8-/m0/s1. The SMILES string of the molecule is Clc1cccc(O[C@H]2CCCNC2)c1Cl. The van der Waals surface area contributed by atoms with Gasteiger partial charge in [-0.15, -0.1) is 0 Å². The number of hydrogen-bond donors (Lipinski definition) is 1. The Balaban J connectivity index is 2.06. The number of hydrogen-bond acceptors (Lipinski definition) is 2. The van der Waals surface area contributed by atoms with Gasteiger partial charge in [-0.1, -0.05) is 29.3 Å². The number of halogens is 2. The molecule has 1 fully saturated rings. The molecule has 82 valence electrons. The molecule has 0 bridgehead atoms. The average Bonchev–Trinajstić information content (AvgIpc) is 2.26. The fourth-order valence-corrected chi connectivity index (χ4v) is 2.01. The summed E-state index contributed by atoms with van der Waals surface area (Å²) in [5.41, 5.74) is 0. The highest BCUT2D eigenvalue weighted by Crippen LogP contribution is 2.32. The van der Waals surface area contributed by atoms with Gasteiger partial charge in [-0.3, -0.25) is 0 Å². The molecule has 0 spiro atoms. The molecule has 4 heteroatoms. The van der Waals surface area contributed by atoms with Crippen molar-refractivity contribution in [1.82, 2.24) is 5.32 Å². The Labute approximate surface area is 99.5 Å². The molecule has 1 aromatic carbocycles. The summed E-state index contributed by atoms with van der Waals surface area (Å²) in [6, 6.07) is 5.46. The van der Waals surface area contributed by atoms with Gasteiger partial charge in [0, 0.05) is 6.54 Å². The summed E-state index contributed by atoms with van der Waals surface area (Å²) in [5.74, 6) is 0.679. The van der Waals surface area contributed by atoms with E-state index < -0.39 is 0 Å².